The SMILES string of the molecule is COC[C@@H]1CCCN1c1cccc(C)c1. The lowest BCUT2D eigenvalue weighted by Gasteiger charge is -2.26. The third-order valence-corrected chi connectivity index (χ3v) is 3.07. The van der Waals surface area contributed by atoms with Crippen molar-refractivity contribution in [1.82, 2.24) is 0 Å². The molecule has 1 heterocycles. The van der Waals surface area contributed by atoms with E-state index in [-0.39, 0.29) is 0 Å². The van der Waals surface area contributed by atoms with Gasteiger partial charge in [0, 0.05) is 19.3 Å². The van der Waals surface area contributed by atoms with Crippen LogP contribution in [0.15, 0.2) is 24.3 Å². The Labute approximate surface area is 91.9 Å². The maximum atomic E-state index is 5.27. The van der Waals surface area contributed by atoms with Crippen molar-refractivity contribution in [3.05, 3.63) is 29.8 Å². The standard InChI is InChI=1S/C13H19NO/c1-11-5-3-6-12(9-11)14-8-4-7-13(14)10-15-2/h3,5-6,9,13H,4,7-8,10H2,1-2H3/t13-/m0/s1. The van der Waals surface area contributed by atoms with E-state index in [4.69, 9.17) is 4.74 Å². The Morgan fingerprint density at radius 1 is 1.47 bits per heavy atom. The van der Waals surface area contributed by atoms with E-state index in [0.29, 0.717) is 6.04 Å². The molecule has 0 spiro atoms. The molecule has 0 amide bonds. The molecule has 0 aliphatic carbocycles. The Kier molecular flexibility index (Phi) is 3.27. The second kappa shape index (κ2) is 4.67. The lowest BCUT2D eigenvalue weighted by atomic mass is 10.2. The predicted molar refractivity (Wildman–Crippen MR) is 63.4 cm³/mol. The molecule has 2 heteroatoms. The summed E-state index contributed by atoms with van der Waals surface area (Å²) in [5, 5.41) is 0. The highest BCUT2D eigenvalue weighted by molar-refractivity contribution is 5.50. The first-order valence-corrected chi connectivity index (χ1v) is 5.63. The minimum absolute atomic E-state index is 0.566. The quantitative estimate of drug-likeness (QED) is 0.752. The summed E-state index contributed by atoms with van der Waals surface area (Å²) >= 11 is 0. The average molecular weight is 205 g/mol. The smallest absolute Gasteiger partial charge is 0.0666 e. The number of hydrogen-bond donors (Lipinski definition) is 0. The third-order valence-electron chi connectivity index (χ3n) is 3.07. The van der Waals surface area contributed by atoms with Gasteiger partial charge in [-0.15, -0.1) is 0 Å². The fourth-order valence-corrected chi connectivity index (χ4v) is 2.35. The number of ether oxygens (including phenoxy) is 1. The van der Waals surface area contributed by atoms with Gasteiger partial charge in [-0.1, -0.05) is 12.1 Å². The van der Waals surface area contributed by atoms with E-state index in [9.17, 15) is 0 Å². The van der Waals surface area contributed by atoms with E-state index in [2.05, 4.69) is 36.1 Å². The van der Waals surface area contributed by atoms with Crippen molar-refractivity contribution in [1.29, 1.82) is 0 Å². The van der Waals surface area contributed by atoms with Crippen molar-refractivity contribution < 1.29 is 4.74 Å². The highest BCUT2D eigenvalue weighted by Gasteiger charge is 2.24. The van der Waals surface area contributed by atoms with Crippen LogP contribution in [0.2, 0.25) is 0 Å². The summed E-state index contributed by atoms with van der Waals surface area (Å²) in [5.41, 5.74) is 2.67. The van der Waals surface area contributed by atoms with Crippen molar-refractivity contribution in [2.45, 2.75) is 25.8 Å². The summed E-state index contributed by atoms with van der Waals surface area (Å²) < 4.78 is 5.27. The number of methoxy groups -OCH3 is 1. The molecule has 0 radical (unpaired) electrons. The highest BCUT2D eigenvalue weighted by atomic mass is 16.5. The van der Waals surface area contributed by atoms with Crippen LogP contribution in [0.5, 0.6) is 0 Å². The van der Waals surface area contributed by atoms with E-state index in [1.165, 1.54) is 24.1 Å². The molecule has 0 saturated carbocycles. The van der Waals surface area contributed by atoms with E-state index in [0.717, 1.165) is 13.2 Å². The van der Waals surface area contributed by atoms with Crippen LogP contribution >= 0.6 is 0 Å². The Balaban J connectivity index is 2.15. The fraction of sp³-hybridized carbons (Fsp3) is 0.538. The summed E-state index contributed by atoms with van der Waals surface area (Å²) in [4.78, 5) is 2.47. The molecule has 0 aromatic heterocycles. The second-order valence-corrected chi connectivity index (χ2v) is 4.28. The zero-order chi connectivity index (χ0) is 10.7. The van der Waals surface area contributed by atoms with Gasteiger partial charge in [0.15, 0.2) is 0 Å². The number of aryl methyl sites for hydroxylation is 1. The van der Waals surface area contributed by atoms with Gasteiger partial charge in [-0.25, -0.2) is 0 Å². The molecule has 15 heavy (non-hydrogen) atoms. The minimum Gasteiger partial charge on any atom is -0.383 e. The molecule has 1 aliphatic rings. The molecule has 0 unspecified atom stereocenters. The molecule has 2 rings (SSSR count). The minimum atomic E-state index is 0.566. The van der Waals surface area contributed by atoms with Crippen LogP contribution in [0.25, 0.3) is 0 Å². The average Bonchev–Trinajstić information content (AvgIpc) is 2.66. The van der Waals surface area contributed by atoms with Crippen LogP contribution in [0, 0.1) is 6.92 Å². The molecule has 0 bridgehead atoms. The van der Waals surface area contributed by atoms with Gasteiger partial charge < -0.3 is 9.64 Å². The first-order valence-electron chi connectivity index (χ1n) is 5.63. The lowest BCUT2D eigenvalue weighted by Crippen LogP contribution is -2.32. The molecule has 1 aliphatic heterocycles. The highest BCUT2D eigenvalue weighted by Crippen LogP contribution is 2.26. The van der Waals surface area contributed by atoms with Crippen molar-refractivity contribution in [3.63, 3.8) is 0 Å². The topological polar surface area (TPSA) is 12.5 Å². The second-order valence-electron chi connectivity index (χ2n) is 4.28. The summed E-state index contributed by atoms with van der Waals surface area (Å²) in [6.45, 7) is 4.15. The molecule has 2 nitrogen and oxygen atoms in total. The molecule has 82 valence electrons. The summed E-state index contributed by atoms with van der Waals surface area (Å²) in [6, 6.07) is 9.30. The Morgan fingerprint density at radius 3 is 3.07 bits per heavy atom. The molecule has 1 fully saturated rings. The van der Waals surface area contributed by atoms with Crippen molar-refractivity contribution in [2.75, 3.05) is 25.2 Å². The van der Waals surface area contributed by atoms with Gasteiger partial charge in [-0.2, -0.15) is 0 Å². The van der Waals surface area contributed by atoms with Gasteiger partial charge in [0.05, 0.1) is 12.6 Å². The van der Waals surface area contributed by atoms with Crippen LogP contribution in [0.3, 0.4) is 0 Å². The first kappa shape index (κ1) is 10.5. The molecular formula is C13H19NO. The number of rotatable bonds is 3. The van der Waals surface area contributed by atoms with Gasteiger partial charge in [0.2, 0.25) is 0 Å². The van der Waals surface area contributed by atoms with Gasteiger partial charge in [0.25, 0.3) is 0 Å². The maximum Gasteiger partial charge on any atom is 0.0666 e. The van der Waals surface area contributed by atoms with Crippen LogP contribution < -0.4 is 4.90 Å². The van der Waals surface area contributed by atoms with Gasteiger partial charge in [-0.05, 0) is 37.5 Å². The normalized spacial score (nSPS) is 20.9. The number of hydrogen-bond acceptors (Lipinski definition) is 2. The molecule has 1 saturated heterocycles. The summed E-state index contributed by atoms with van der Waals surface area (Å²) in [5.74, 6) is 0. The Bertz CT molecular complexity index is 324. The lowest BCUT2D eigenvalue weighted by molar-refractivity contribution is 0.181. The van der Waals surface area contributed by atoms with Crippen molar-refractivity contribution in [2.24, 2.45) is 0 Å². The maximum absolute atomic E-state index is 5.27. The van der Waals surface area contributed by atoms with Crippen LogP contribution in [-0.2, 0) is 4.74 Å². The van der Waals surface area contributed by atoms with Crippen LogP contribution in [0.1, 0.15) is 18.4 Å². The summed E-state index contributed by atoms with van der Waals surface area (Å²) in [7, 11) is 1.78. The fourth-order valence-electron chi connectivity index (χ4n) is 2.35. The van der Waals surface area contributed by atoms with E-state index in [1.807, 2.05) is 0 Å². The molecule has 1 aromatic rings. The third kappa shape index (κ3) is 2.32. The summed E-state index contributed by atoms with van der Waals surface area (Å²) in [6.07, 6.45) is 2.53. The van der Waals surface area contributed by atoms with Gasteiger partial charge in [0.1, 0.15) is 0 Å². The Hall–Kier alpha value is -1.02. The van der Waals surface area contributed by atoms with Crippen molar-refractivity contribution in [3.8, 4) is 0 Å². The van der Waals surface area contributed by atoms with E-state index >= 15 is 0 Å². The monoisotopic (exact) mass is 205 g/mol. The van der Waals surface area contributed by atoms with Gasteiger partial charge in [-0.3, -0.25) is 0 Å². The Morgan fingerprint density at radius 2 is 2.33 bits per heavy atom. The zero-order valence-corrected chi connectivity index (χ0v) is 9.57. The molecule has 1 aromatic carbocycles. The van der Waals surface area contributed by atoms with Gasteiger partial charge >= 0.3 is 0 Å². The predicted octanol–water partition coefficient (Wildman–Crippen LogP) is 2.61. The number of anilines is 1. The van der Waals surface area contributed by atoms with Crippen LogP contribution in [0.4, 0.5) is 5.69 Å². The van der Waals surface area contributed by atoms with E-state index < -0.39 is 0 Å². The van der Waals surface area contributed by atoms with Crippen molar-refractivity contribution >= 4 is 5.69 Å². The zero-order valence-electron chi connectivity index (χ0n) is 9.57. The molecular weight excluding hydrogens is 186 g/mol. The van der Waals surface area contributed by atoms with E-state index in [1.54, 1.807) is 7.11 Å². The number of nitrogens with zero attached hydrogens (tertiary/aromatic N) is 1. The number of benzene rings is 1. The molecule has 1 atom stereocenters. The van der Waals surface area contributed by atoms with Crippen LogP contribution in [-0.4, -0.2) is 26.3 Å². The largest absolute Gasteiger partial charge is 0.383 e. The first-order chi connectivity index (χ1) is 7.31. The molecule has 0 N–H and O–H groups in total.